The normalized spacial score (nSPS) is 27.5. The van der Waals surface area contributed by atoms with Gasteiger partial charge in [-0.2, -0.15) is 0 Å². The third-order valence-electron chi connectivity index (χ3n) is 3.92. The standard InChI is InChI=1S/C15H29N3O2.HI/c1-3-5-9-19-10-8-17-15(16-4-2)18-13-11-12-6-7-14(13)20-12;/h12-14H,3-11H2,1-2H3,(H2,16,17,18);1H. The van der Waals surface area contributed by atoms with Crippen LogP contribution in [0.15, 0.2) is 4.99 Å². The molecule has 5 nitrogen and oxygen atoms in total. The average molecular weight is 411 g/mol. The van der Waals surface area contributed by atoms with Gasteiger partial charge < -0.3 is 20.1 Å². The lowest BCUT2D eigenvalue weighted by Gasteiger charge is -2.22. The summed E-state index contributed by atoms with van der Waals surface area (Å²) in [6.45, 7) is 7.39. The molecule has 2 bridgehead atoms. The van der Waals surface area contributed by atoms with Crippen molar-refractivity contribution in [1.82, 2.24) is 10.6 Å². The lowest BCUT2D eigenvalue weighted by Crippen LogP contribution is -2.47. The van der Waals surface area contributed by atoms with Crippen LogP contribution in [0.25, 0.3) is 0 Å². The van der Waals surface area contributed by atoms with E-state index in [1.165, 1.54) is 19.3 Å². The second-order valence-electron chi connectivity index (χ2n) is 5.59. The largest absolute Gasteiger partial charge is 0.380 e. The molecule has 0 amide bonds. The van der Waals surface area contributed by atoms with Crippen LogP contribution in [0.3, 0.4) is 0 Å². The molecule has 2 rings (SSSR count). The van der Waals surface area contributed by atoms with Crippen LogP contribution >= 0.6 is 24.0 Å². The van der Waals surface area contributed by atoms with Crippen molar-refractivity contribution in [2.24, 2.45) is 4.99 Å². The van der Waals surface area contributed by atoms with Crippen molar-refractivity contribution in [3.63, 3.8) is 0 Å². The van der Waals surface area contributed by atoms with Crippen molar-refractivity contribution in [1.29, 1.82) is 0 Å². The van der Waals surface area contributed by atoms with Crippen LogP contribution in [-0.2, 0) is 9.47 Å². The molecule has 2 aliphatic heterocycles. The fourth-order valence-corrected chi connectivity index (χ4v) is 2.86. The third kappa shape index (κ3) is 6.28. The maximum Gasteiger partial charge on any atom is 0.191 e. The van der Waals surface area contributed by atoms with Gasteiger partial charge in [0.25, 0.3) is 0 Å². The minimum Gasteiger partial charge on any atom is -0.380 e. The SMILES string of the molecule is CCCCOCCN=C(NCC)NC1CC2CCC1O2.I. The fraction of sp³-hybridized carbons (Fsp3) is 0.933. The van der Waals surface area contributed by atoms with Gasteiger partial charge >= 0.3 is 0 Å². The highest BCUT2D eigenvalue weighted by Gasteiger charge is 2.41. The van der Waals surface area contributed by atoms with Crippen LogP contribution in [0.4, 0.5) is 0 Å². The van der Waals surface area contributed by atoms with E-state index in [1.807, 2.05) is 0 Å². The molecular formula is C15H30IN3O2. The number of fused-ring (bicyclic) bond motifs is 2. The Morgan fingerprint density at radius 1 is 1.29 bits per heavy atom. The highest BCUT2D eigenvalue weighted by Crippen LogP contribution is 2.34. The number of guanidine groups is 1. The molecule has 0 saturated carbocycles. The molecular weight excluding hydrogens is 381 g/mol. The highest BCUT2D eigenvalue weighted by molar-refractivity contribution is 14.0. The number of hydrogen-bond donors (Lipinski definition) is 2. The van der Waals surface area contributed by atoms with Crippen molar-refractivity contribution >= 4 is 29.9 Å². The zero-order valence-corrected chi connectivity index (χ0v) is 15.6. The Kier molecular flexibility index (Phi) is 9.59. The van der Waals surface area contributed by atoms with Gasteiger partial charge in [-0.25, -0.2) is 0 Å². The molecule has 2 saturated heterocycles. The summed E-state index contributed by atoms with van der Waals surface area (Å²) >= 11 is 0. The number of halogens is 1. The molecule has 0 radical (unpaired) electrons. The third-order valence-corrected chi connectivity index (χ3v) is 3.92. The van der Waals surface area contributed by atoms with Crippen LogP contribution in [0.5, 0.6) is 0 Å². The van der Waals surface area contributed by atoms with Gasteiger partial charge in [0.15, 0.2) is 5.96 Å². The van der Waals surface area contributed by atoms with E-state index in [0.717, 1.165) is 32.0 Å². The average Bonchev–Trinajstić information content (AvgIpc) is 3.05. The smallest absolute Gasteiger partial charge is 0.191 e. The molecule has 0 aromatic rings. The van der Waals surface area contributed by atoms with Gasteiger partial charge in [-0.15, -0.1) is 24.0 Å². The lowest BCUT2D eigenvalue weighted by molar-refractivity contribution is 0.0992. The molecule has 0 spiro atoms. The molecule has 2 heterocycles. The van der Waals surface area contributed by atoms with Gasteiger partial charge in [-0.1, -0.05) is 13.3 Å². The molecule has 0 aromatic carbocycles. The number of nitrogens with zero attached hydrogens (tertiary/aromatic N) is 1. The van der Waals surface area contributed by atoms with Crippen molar-refractivity contribution in [3.8, 4) is 0 Å². The van der Waals surface area contributed by atoms with E-state index in [4.69, 9.17) is 9.47 Å². The Balaban J connectivity index is 0.00000220. The van der Waals surface area contributed by atoms with E-state index in [2.05, 4.69) is 29.5 Å². The first-order valence-corrected chi connectivity index (χ1v) is 8.11. The van der Waals surface area contributed by atoms with Crippen molar-refractivity contribution in [2.75, 3.05) is 26.3 Å². The number of rotatable bonds is 8. The summed E-state index contributed by atoms with van der Waals surface area (Å²) < 4.78 is 11.4. The van der Waals surface area contributed by atoms with Gasteiger partial charge in [0.05, 0.1) is 31.4 Å². The van der Waals surface area contributed by atoms with Gasteiger partial charge in [0.2, 0.25) is 0 Å². The van der Waals surface area contributed by atoms with E-state index >= 15 is 0 Å². The molecule has 2 aliphatic rings. The summed E-state index contributed by atoms with van der Waals surface area (Å²) in [6, 6.07) is 0.424. The summed E-state index contributed by atoms with van der Waals surface area (Å²) in [5.74, 6) is 0.896. The van der Waals surface area contributed by atoms with Gasteiger partial charge in [0.1, 0.15) is 0 Å². The molecule has 21 heavy (non-hydrogen) atoms. The Bertz CT molecular complexity index is 315. The lowest BCUT2D eigenvalue weighted by atomic mass is 9.96. The zero-order chi connectivity index (χ0) is 14.2. The first-order chi connectivity index (χ1) is 9.83. The summed E-state index contributed by atoms with van der Waals surface area (Å²) in [7, 11) is 0. The monoisotopic (exact) mass is 411 g/mol. The van der Waals surface area contributed by atoms with Gasteiger partial charge in [-0.3, -0.25) is 4.99 Å². The van der Waals surface area contributed by atoms with Crippen LogP contribution in [0.1, 0.15) is 46.0 Å². The molecule has 2 fully saturated rings. The van der Waals surface area contributed by atoms with Crippen molar-refractivity contribution in [3.05, 3.63) is 0 Å². The summed E-state index contributed by atoms with van der Waals surface area (Å²) in [6.07, 6.45) is 6.68. The summed E-state index contributed by atoms with van der Waals surface area (Å²) in [4.78, 5) is 4.57. The number of unbranched alkanes of at least 4 members (excludes halogenated alkanes) is 1. The number of nitrogens with one attached hydrogen (secondary N) is 2. The molecule has 0 aromatic heterocycles. The molecule has 3 atom stereocenters. The molecule has 2 N–H and O–H groups in total. The van der Waals surface area contributed by atoms with Crippen LogP contribution in [0, 0.1) is 0 Å². The van der Waals surface area contributed by atoms with Crippen LogP contribution < -0.4 is 10.6 Å². The van der Waals surface area contributed by atoms with Crippen molar-refractivity contribution < 1.29 is 9.47 Å². The Morgan fingerprint density at radius 2 is 2.14 bits per heavy atom. The van der Waals surface area contributed by atoms with E-state index in [-0.39, 0.29) is 24.0 Å². The topological polar surface area (TPSA) is 54.9 Å². The zero-order valence-electron chi connectivity index (χ0n) is 13.3. The molecule has 6 heteroatoms. The second kappa shape index (κ2) is 10.6. The highest BCUT2D eigenvalue weighted by atomic mass is 127. The van der Waals surface area contributed by atoms with Crippen molar-refractivity contribution in [2.45, 2.75) is 64.2 Å². The number of ether oxygens (including phenoxy) is 2. The summed E-state index contributed by atoms with van der Waals surface area (Å²) in [5, 5.41) is 6.81. The Hall–Kier alpha value is -0.0800. The maximum atomic E-state index is 5.86. The van der Waals surface area contributed by atoms with E-state index in [9.17, 15) is 0 Å². The van der Waals surface area contributed by atoms with Gasteiger partial charge in [-0.05, 0) is 32.6 Å². The minimum atomic E-state index is 0. The van der Waals surface area contributed by atoms with E-state index in [0.29, 0.717) is 31.4 Å². The Morgan fingerprint density at radius 3 is 2.76 bits per heavy atom. The van der Waals surface area contributed by atoms with E-state index < -0.39 is 0 Å². The molecule has 0 aliphatic carbocycles. The second-order valence-corrected chi connectivity index (χ2v) is 5.59. The van der Waals surface area contributed by atoms with Gasteiger partial charge in [0, 0.05) is 13.2 Å². The summed E-state index contributed by atoms with van der Waals surface area (Å²) in [5.41, 5.74) is 0. The number of aliphatic imine (C=N–C) groups is 1. The van der Waals surface area contributed by atoms with E-state index in [1.54, 1.807) is 0 Å². The predicted octanol–water partition coefficient (Wildman–Crippen LogP) is 2.30. The Labute approximate surface area is 145 Å². The number of hydrogen-bond acceptors (Lipinski definition) is 3. The maximum absolute atomic E-state index is 5.86. The van der Waals surface area contributed by atoms with Crippen LogP contribution in [-0.4, -0.2) is 50.5 Å². The molecule has 3 unspecified atom stereocenters. The quantitative estimate of drug-likeness (QED) is 0.279. The first-order valence-electron chi connectivity index (χ1n) is 8.11. The first kappa shape index (κ1) is 19.0. The fourth-order valence-electron chi connectivity index (χ4n) is 2.86. The minimum absolute atomic E-state index is 0. The van der Waals surface area contributed by atoms with Crippen LogP contribution in [0.2, 0.25) is 0 Å². The predicted molar refractivity (Wildman–Crippen MR) is 96.6 cm³/mol. The molecule has 124 valence electrons.